The van der Waals surface area contributed by atoms with Crippen LogP contribution in [0.1, 0.15) is 12.8 Å². The molecule has 8 heteroatoms. The number of carbonyl (C=O) groups excluding carboxylic acids is 1. The third kappa shape index (κ3) is 4.26. The number of carboxylic acids is 1. The monoisotopic (exact) mass is 278 g/mol. The summed E-state index contributed by atoms with van der Waals surface area (Å²) < 4.78 is 23.0. The Labute approximate surface area is 106 Å². The van der Waals surface area contributed by atoms with Gasteiger partial charge in [0, 0.05) is 19.5 Å². The molecule has 1 saturated heterocycles. The minimum Gasteiger partial charge on any atom is -0.481 e. The van der Waals surface area contributed by atoms with Crippen LogP contribution in [0.3, 0.4) is 0 Å². The van der Waals surface area contributed by atoms with Gasteiger partial charge in [-0.25, -0.2) is 8.42 Å². The highest BCUT2D eigenvalue weighted by atomic mass is 32.2. The van der Waals surface area contributed by atoms with Crippen molar-refractivity contribution in [2.45, 2.75) is 18.9 Å². The molecule has 1 unspecified atom stereocenters. The first-order valence-corrected chi connectivity index (χ1v) is 7.54. The fraction of sp³-hybridized carbons (Fsp3) is 0.800. The largest absolute Gasteiger partial charge is 0.481 e. The molecular weight excluding hydrogens is 260 g/mol. The molecule has 1 atom stereocenters. The van der Waals surface area contributed by atoms with Crippen LogP contribution in [0.4, 0.5) is 0 Å². The molecule has 0 aromatic heterocycles. The van der Waals surface area contributed by atoms with E-state index in [-0.39, 0.29) is 36.8 Å². The zero-order chi connectivity index (χ0) is 13.8. The van der Waals surface area contributed by atoms with Crippen LogP contribution in [0.5, 0.6) is 0 Å². The fourth-order valence-electron chi connectivity index (χ4n) is 1.96. The van der Waals surface area contributed by atoms with Crippen molar-refractivity contribution in [1.82, 2.24) is 10.2 Å². The molecule has 1 amide bonds. The Hall–Kier alpha value is -1.15. The zero-order valence-electron chi connectivity index (χ0n) is 10.3. The second-order valence-corrected chi connectivity index (χ2v) is 6.54. The molecule has 0 aromatic carbocycles. The van der Waals surface area contributed by atoms with E-state index in [0.717, 1.165) is 0 Å². The highest BCUT2D eigenvalue weighted by molar-refractivity contribution is 7.91. The molecule has 2 N–H and O–H groups in total. The van der Waals surface area contributed by atoms with Gasteiger partial charge in [-0.15, -0.1) is 0 Å². The van der Waals surface area contributed by atoms with Crippen LogP contribution in [0, 0.1) is 0 Å². The van der Waals surface area contributed by atoms with Crippen molar-refractivity contribution in [3.8, 4) is 0 Å². The van der Waals surface area contributed by atoms with E-state index >= 15 is 0 Å². The third-order valence-corrected chi connectivity index (χ3v) is 4.55. The van der Waals surface area contributed by atoms with Crippen LogP contribution in [0.15, 0.2) is 0 Å². The van der Waals surface area contributed by atoms with Gasteiger partial charge in [0.05, 0.1) is 24.0 Å². The maximum atomic E-state index is 11.9. The van der Waals surface area contributed by atoms with Crippen LogP contribution in [-0.2, 0) is 19.4 Å². The van der Waals surface area contributed by atoms with E-state index in [2.05, 4.69) is 5.32 Å². The third-order valence-electron chi connectivity index (χ3n) is 2.85. The maximum absolute atomic E-state index is 11.9. The molecule has 0 saturated carbocycles. The van der Waals surface area contributed by atoms with Gasteiger partial charge in [0.1, 0.15) is 0 Å². The molecule has 104 valence electrons. The SMILES string of the molecule is CNCCC(=O)N1CCS(=O)(=O)CC1CC(=O)O. The first kappa shape index (κ1) is 14.9. The van der Waals surface area contributed by atoms with Crippen LogP contribution in [0.2, 0.25) is 0 Å². The fourth-order valence-corrected chi connectivity index (χ4v) is 3.49. The van der Waals surface area contributed by atoms with E-state index in [1.165, 1.54) is 4.90 Å². The molecule has 1 fully saturated rings. The number of aliphatic carboxylic acids is 1. The van der Waals surface area contributed by atoms with Crippen molar-refractivity contribution in [1.29, 1.82) is 0 Å². The van der Waals surface area contributed by atoms with Crippen molar-refractivity contribution in [2.24, 2.45) is 0 Å². The van der Waals surface area contributed by atoms with Crippen molar-refractivity contribution in [3.05, 3.63) is 0 Å². The topological polar surface area (TPSA) is 104 Å². The number of nitrogens with one attached hydrogen (secondary N) is 1. The number of rotatable bonds is 5. The molecule has 0 bridgehead atoms. The highest BCUT2D eigenvalue weighted by Gasteiger charge is 2.34. The summed E-state index contributed by atoms with van der Waals surface area (Å²) >= 11 is 0. The van der Waals surface area contributed by atoms with Crippen LogP contribution < -0.4 is 5.32 Å². The number of hydrogen-bond donors (Lipinski definition) is 2. The van der Waals surface area contributed by atoms with Gasteiger partial charge in [0.2, 0.25) is 5.91 Å². The van der Waals surface area contributed by atoms with Gasteiger partial charge in [-0.3, -0.25) is 9.59 Å². The normalized spacial score (nSPS) is 22.7. The Morgan fingerprint density at radius 1 is 1.44 bits per heavy atom. The Morgan fingerprint density at radius 3 is 2.67 bits per heavy atom. The first-order valence-electron chi connectivity index (χ1n) is 5.72. The average Bonchev–Trinajstić information content (AvgIpc) is 2.24. The zero-order valence-corrected chi connectivity index (χ0v) is 11.1. The summed E-state index contributed by atoms with van der Waals surface area (Å²) in [7, 11) is -1.53. The standard InChI is InChI=1S/C10H18N2O5S/c1-11-3-2-9(13)12-4-5-18(16,17)7-8(12)6-10(14)15/h8,11H,2-7H2,1H3,(H,14,15). The molecule has 1 aliphatic rings. The summed E-state index contributed by atoms with van der Waals surface area (Å²) in [6, 6.07) is -0.745. The number of hydrogen-bond acceptors (Lipinski definition) is 5. The predicted molar refractivity (Wildman–Crippen MR) is 65.0 cm³/mol. The lowest BCUT2D eigenvalue weighted by molar-refractivity contribution is -0.140. The molecule has 0 spiro atoms. The van der Waals surface area contributed by atoms with E-state index in [1.54, 1.807) is 7.05 Å². The highest BCUT2D eigenvalue weighted by Crippen LogP contribution is 2.16. The van der Waals surface area contributed by atoms with E-state index in [1.807, 2.05) is 0 Å². The Bertz CT molecular complexity index is 420. The van der Waals surface area contributed by atoms with Gasteiger partial charge >= 0.3 is 5.97 Å². The summed E-state index contributed by atoms with van der Waals surface area (Å²) in [5.74, 6) is -1.65. The van der Waals surface area contributed by atoms with E-state index in [4.69, 9.17) is 5.11 Å². The van der Waals surface area contributed by atoms with Gasteiger partial charge in [0.25, 0.3) is 0 Å². The lowest BCUT2D eigenvalue weighted by Crippen LogP contribution is -2.52. The van der Waals surface area contributed by atoms with Crippen molar-refractivity contribution < 1.29 is 23.1 Å². The molecular formula is C10H18N2O5S. The quantitative estimate of drug-likeness (QED) is 0.647. The lowest BCUT2D eigenvalue weighted by Gasteiger charge is -2.34. The van der Waals surface area contributed by atoms with Crippen LogP contribution in [0.25, 0.3) is 0 Å². The van der Waals surface area contributed by atoms with Gasteiger partial charge in [-0.2, -0.15) is 0 Å². The molecule has 7 nitrogen and oxygen atoms in total. The van der Waals surface area contributed by atoms with Gasteiger partial charge < -0.3 is 15.3 Å². The number of sulfone groups is 1. The average molecular weight is 278 g/mol. The number of carbonyl (C=O) groups is 2. The minimum atomic E-state index is -3.24. The molecule has 1 heterocycles. The van der Waals surface area contributed by atoms with Gasteiger partial charge in [-0.1, -0.05) is 0 Å². The maximum Gasteiger partial charge on any atom is 0.305 e. The molecule has 18 heavy (non-hydrogen) atoms. The van der Waals surface area contributed by atoms with Gasteiger partial charge in [-0.05, 0) is 7.05 Å². The second kappa shape index (κ2) is 6.14. The molecule has 0 aromatic rings. The molecule has 0 aliphatic carbocycles. The number of nitrogens with zero attached hydrogens (tertiary/aromatic N) is 1. The van der Waals surface area contributed by atoms with E-state index in [0.29, 0.717) is 6.54 Å². The Balaban J connectivity index is 2.74. The lowest BCUT2D eigenvalue weighted by atomic mass is 10.2. The summed E-state index contributed by atoms with van der Waals surface area (Å²) in [6.07, 6.45) is -0.0861. The summed E-state index contributed by atoms with van der Waals surface area (Å²) in [6.45, 7) is 0.574. The Kier molecular flexibility index (Phi) is 5.09. The smallest absolute Gasteiger partial charge is 0.305 e. The van der Waals surface area contributed by atoms with E-state index in [9.17, 15) is 18.0 Å². The number of carboxylic acid groups (broad SMARTS) is 1. The summed E-state index contributed by atoms with van der Waals surface area (Å²) in [5, 5.41) is 11.6. The number of amides is 1. The predicted octanol–water partition coefficient (Wildman–Crippen LogP) is -1.30. The van der Waals surface area contributed by atoms with E-state index < -0.39 is 21.8 Å². The first-order chi connectivity index (χ1) is 8.35. The molecule has 0 radical (unpaired) electrons. The van der Waals surface area contributed by atoms with Crippen molar-refractivity contribution in [3.63, 3.8) is 0 Å². The van der Waals surface area contributed by atoms with Crippen molar-refractivity contribution in [2.75, 3.05) is 31.6 Å². The molecule has 1 rings (SSSR count). The van der Waals surface area contributed by atoms with Gasteiger partial charge in [0.15, 0.2) is 9.84 Å². The summed E-state index contributed by atoms with van der Waals surface area (Å²) in [4.78, 5) is 24.0. The van der Waals surface area contributed by atoms with Crippen LogP contribution in [-0.4, -0.2) is 68.0 Å². The minimum absolute atomic E-state index is 0.0861. The van der Waals surface area contributed by atoms with Crippen molar-refractivity contribution >= 4 is 21.7 Å². The second-order valence-electron chi connectivity index (χ2n) is 4.31. The Morgan fingerprint density at radius 2 is 2.11 bits per heavy atom. The molecule has 1 aliphatic heterocycles. The van der Waals surface area contributed by atoms with Crippen LogP contribution >= 0.6 is 0 Å². The summed E-state index contributed by atoms with van der Waals surface area (Å²) in [5.41, 5.74) is 0.